The van der Waals surface area contributed by atoms with Crippen molar-refractivity contribution in [2.45, 2.75) is 18.4 Å². The first-order chi connectivity index (χ1) is 10.7. The highest BCUT2D eigenvalue weighted by molar-refractivity contribution is 7.08. The lowest BCUT2D eigenvalue weighted by Gasteiger charge is -2.47. The Morgan fingerprint density at radius 3 is 2.91 bits per heavy atom. The lowest BCUT2D eigenvalue weighted by molar-refractivity contribution is -0.128. The smallest absolute Gasteiger partial charge is 0.254 e. The zero-order chi connectivity index (χ0) is 15.4. The van der Waals surface area contributed by atoms with Gasteiger partial charge in [-0.3, -0.25) is 4.79 Å². The van der Waals surface area contributed by atoms with Crippen molar-refractivity contribution in [2.75, 3.05) is 53.0 Å². The highest BCUT2D eigenvalue weighted by Gasteiger charge is 2.41. The van der Waals surface area contributed by atoms with Crippen molar-refractivity contribution in [3.8, 4) is 0 Å². The van der Waals surface area contributed by atoms with Crippen LogP contribution in [0.2, 0.25) is 0 Å². The van der Waals surface area contributed by atoms with Crippen LogP contribution in [0.5, 0.6) is 0 Å². The molecule has 3 rings (SSSR count). The van der Waals surface area contributed by atoms with E-state index in [4.69, 9.17) is 9.47 Å². The maximum atomic E-state index is 12.5. The van der Waals surface area contributed by atoms with Gasteiger partial charge in [0.2, 0.25) is 0 Å². The molecule has 5 nitrogen and oxygen atoms in total. The first-order valence-corrected chi connectivity index (χ1v) is 8.83. The molecule has 2 aliphatic heterocycles. The van der Waals surface area contributed by atoms with E-state index in [-0.39, 0.29) is 11.5 Å². The summed E-state index contributed by atoms with van der Waals surface area (Å²) < 4.78 is 11.3. The zero-order valence-corrected chi connectivity index (χ0v) is 13.9. The Kier molecular flexibility index (Phi) is 5.13. The van der Waals surface area contributed by atoms with Crippen LogP contribution in [-0.2, 0) is 9.47 Å². The summed E-state index contributed by atoms with van der Waals surface area (Å²) in [5, 5.41) is 3.88. The standard InChI is InChI=1S/C16H24N2O3S/c1-20-9-7-17-5-3-16(4-6-17)13-18(8-10-21-16)15(19)14-2-11-22-12-14/h2,11-12H,3-10,13H2,1H3. The molecule has 2 saturated heterocycles. The second-order valence-electron chi connectivity index (χ2n) is 6.10. The van der Waals surface area contributed by atoms with Crippen molar-refractivity contribution in [1.82, 2.24) is 9.80 Å². The first-order valence-electron chi connectivity index (χ1n) is 7.89. The van der Waals surface area contributed by atoms with Crippen molar-refractivity contribution >= 4 is 17.2 Å². The fourth-order valence-electron chi connectivity index (χ4n) is 3.29. The van der Waals surface area contributed by atoms with Gasteiger partial charge in [0.15, 0.2) is 0 Å². The summed E-state index contributed by atoms with van der Waals surface area (Å²) >= 11 is 1.57. The highest BCUT2D eigenvalue weighted by atomic mass is 32.1. The fourth-order valence-corrected chi connectivity index (χ4v) is 3.92. The molecule has 0 bridgehead atoms. The minimum atomic E-state index is -0.145. The molecule has 2 aliphatic rings. The Morgan fingerprint density at radius 1 is 1.41 bits per heavy atom. The van der Waals surface area contributed by atoms with Gasteiger partial charge in [0, 0.05) is 38.7 Å². The maximum absolute atomic E-state index is 12.5. The average Bonchev–Trinajstić information content (AvgIpc) is 3.08. The van der Waals surface area contributed by atoms with E-state index in [2.05, 4.69) is 4.90 Å². The Bertz CT molecular complexity index is 484. The fraction of sp³-hybridized carbons (Fsp3) is 0.688. The average molecular weight is 324 g/mol. The number of carbonyl (C=O) groups is 1. The predicted molar refractivity (Wildman–Crippen MR) is 86.5 cm³/mol. The molecule has 122 valence electrons. The van der Waals surface area contributed by atoms with Gasteiger partial charge < -0.3 is 19.3 Å². The molecular weight excluding hydrogens is 300 g/mol. The van der Waals surface area contributed by atoms with Crippen molar-refractivity contribution in [3.05, 3.63) is 22.4 Å². The van der Waals surface area contributed by atoms with E-state index in [9.17, 15) is 4.79 Å². The molecule has 0 aliphatic carbocycles. The third kappa shape index (κ3) is 3.51. The molecule has 0 unspecified atom stereocenters. The van der Waals surface area contributed by atoms with Gasteiger partial charge in [0.1, 0.15) is 0 Å². The Hall–Kier alpha value is -0.950. The third-order valence-corrected chi connectivity index (χ3v) is 5.37. The van der Waals surface area contributed by atoms with Crippen LogP contribution in [0.15, 0.2) is 16.8 Å². The molecule has 0 aromatic carbocycles. The molecule has 1 aromatic heterocycles. The molecular formula is C16H24N2O3S. The highest BCUT2D eigenvalue weighted by Crippen LogP contribution is 2.30. The molecule has 22 heavy (non-hydrogen) atoms. The van der Waals surface area contributed by atoms with Gasteiger partial charge in [-0.25, -0.2) is 0 Å². The number of morpholine rings is 1. The number of likely N-dealkylation sites (tertiary alicyclic amines) is 1. The molecule has 1 spiro atoms. The molecule has 1 amide bonds. The van der Waals surface area contributed by atoms with Crippen LogP contribution in [0.1, 0.15) is 23.2 Å². The number of hydrogen-bond donors (Lipinski definition) is 0. The van der Waals surface area contributed by atoms with E-state index in [0.717, 1.165) is 51.2 Å². The number of piperidine rings is 1. The van der Waals surface area contributed by atoms with Gasteiger partial charge in [-0.2, -0.15) is 11.3 Å². The lowest BCUT2D eigenvalue weighted by Crippen LogP contribution is -2.58. The van der Waals surface area contributed by atoms with Crippen LogP contribution in [-0.4, -0.2) is 74.4 Å². The number of hydrogen-bond acceptors (Lipinski definition) is 5. The Balaban J connectivity index is 1.58. The van der Waals surface area contributed by atoms with Crippen molar-refractivity contribution in [2.24, 2.45) is 0 Å². The van der Waals surface area contributed by atoms with Crippen LogP contribution >= 0.6 is 11.3 Å². The monoisotopic (exact) mass is 324 g/mol. The number of thiophene rings is 1. The number of nitrogens with zero attached hydrogens (tertiary/aromatic N) is 2. The van der Waals surface area contributed by atoms with Crippen LogP contribution in [0.3, 0.4) is 0 Å². The van der Waals surface area contributed by atoms with Gasteiger partial charge in [-0.05, 0) is 24.3 Å². The van der Waals surface area contributed by atoms with E-state index in [1.54, 1.807) is 18.4 Å². The SMILES string of the molecule is COCCN1CCC2(CC1)CN(C(=O)c1ccsc1)CCO2. The summed E-state index contributed by atoms with van der Waals surface area (Å²) in [5.74, 6) is 0.144. The topological polar surface area (TPSA) is 42.0 Å². The second kappa shape index (κ2) is 7.08. The lowest BCUT2D eigenvalue weighted by atomic mass is 9.89. The summed E-state index contributed by atoms with van der Waals surface area (Å²) in [6, 6.07) is 1.91. The third-order valence-electron chi connectivity index (χ3n) is 4.68. The Labute approximate surface area is 135 Å². The number of ether oxygens (including phenoxy) is 2. The quantitative estimate of drug-likeness (QED) is 0.845. The maximum Gasteiger partial charge on any atom is 0.254 e. The van der Waals surface area contributed by atoms with Crippen molar-refractivity contribution < 1.29 is 14.3 Å². The molecule has 1 aromatic rings. The minimum Gasteiger partial charge on any atom is -0.383 e. The van der Waals surface area contributed by atoms with E-state index in [1.807, 2.05) is 21.7 Å². The number of rotatable bonds is 4. The summed E-state index contributed by atoms with van der Waals surface area (Å²) in [7, 11) is 1.74. The van der Waals surface area contributed by atoms with E-state index in [1.165, 1.54) is 0 Å². The van der Waals surface area contributed by atoms with Crippen LogP contribution < -0.4 is 0 Å². The van der Waals surface area contributed by atoms with E-state index < -0.39 is 0 Å². The van der Waals surface area contributed by atoms with Crippen molar-refractivity contribution in [1.29, 1.82) is 0 Å². The normalized spacial score (nSPS) is 22.1. The largest absolute Gasteiger partial charge is 0.383 e. The van der Waals surface area contributed by atoms with Gasteiger partial charge >= 0.3 is 0 Å². The molecule has 3 heterocycles. The summed E-state index contributed by atoms with van der Waals surface area (Å²) in [6.07, 6.45) is 1.98. The van der Waals surface area contributed by atoms with Gasteiger partial charge in [-0.1, -0.05) is 0 Å². The van der Waals surface area contributed by atoms with Gasteiger partial charge in [-0.15, -0.1) is 0 Å². The molecule has 0 N–H and O–H groups in total. The first kappa shape index (κ1) is 15.9. The number of amides is 1. The second-order valence-corrected chi connectivity index (χ2v) is 6.88. The van der Waals surface area contributed by atoms with Crippen LogP contribution in [0, 0.1) is 0 Å². The van der Waals surface area contributed by atoms with Crippen LogP contribution in [0.25, 0.3) is 0 Å². The van der Waals surface area contributed by atoms with E-state index in [0.29, 0.717) is 13.2 Å². The summed E-state index contributed by atoms with van der Waals surface area (Å²) in [4.78, 5) is 16.9. The molecule has 6 heteroatoms. The van der Waals surface area contributed by atoms with Crippen LogP contribution in [0.4, 0.5) is 0 Å². The van der Waals surface area contributed by atoms with E-state index >= 15 is 0 Å². The number of methoxy groups -OCH3 is 1. The van der Waals surface area contributed by atoms with Gasteiger partial charge in [0.05, 0.1) is 30.9 Å². The predicted octanol–water partition coefficient (Wildman–Crippen LogP) is 1.70. The molecule has 0 atom stereocenters. The molecule has 0 saturated carbocycles. The number of carbonyl (C=O) groups excluding carboxylic acids is 1. The summed E-state index contributed by atoms with van der Waals surface area (Å²) in [6.45, 7) is 5.85. The van der Waals surface area contributed by atoms with Gasteiger partial charge in [0.25, 0.3) is 5.91 Å². The molecule has 2 fully saturated rings. The summed E-state index contributed by atoms with van der Waals surface area (Å²) in [5.41, 5.74) is 0.660. The zero-order valence-electron chi connectivity index (χ0n) is 13.1. The van der Waals surface area contributed by atoms with Crippen molar-refractivity contribution in [3.63, 3.8) is 0 Å². The Morgan fingerprint density at radius 2 is 2.23 bits per heavy atom. The minimum absolute atomic E-state index is 0.144. The molecule has 0 radical (unpaired) electrons.